The Kier molecular flexibility index (Phi) is 6.61. The summed E-state index contributed by atoms with van der Waals surface area (Å²) in [7, 11) is 0. The van der Waals surface area contributed by atoms with Crippen molar-refractivity contribution in [2.24, 2.45) is 0 Å². The summed E-state index contributed by atoms with van der Waals surface area (Å²) in [5.74, 6) is -0.216. The van der Waals surface area contributed by atoms with Gasteiger partial charge in [0, 0.05) is 33.4 Å². The van der Waals surface area contributed by atoms with E-state index in [1.165, 1.54) is 0 Å². The average Bonchev–Trinajstić information content (AvgIpc) is 2.60. The highest BCUT2D eigenvalue weighted by Gasteiger charge is 2.25. The van der Waals surface area contributed by atoms with Gasteiger partial charge in [0.25, 0.3) is 0 Å². The Balaban J connectivity index is 2.44. The number of hydrogen-bond acceptors (Lipinski definition) is 3. The van der Waals surface area contributed by atoms with E-state index in [0.29, 0.717) is 39.0 Å². The molecular formula is C18H17Br2N2O3+. The quantitative estimate of drug-likeness (QED) is 0.315. The molecule has 2 aromatic carbocycles. The number of carbonyl (C=O) groups is 2. The van der Waals surface area contributed by atoms with Gasteiger partial charge in [-0.25, -0.2) is 0 Å². The minimum Gasteiger partial charge on any atom is -0.294 e. The summed E-state index contributed by atoms with van der Waals surface area (Å²) in [4.78, 5) is 37.4. The zero-order chi connectivity index (χ0) is 18.6. The highest BCUT2D eigenvalue weighted by Crippen LogP contribution is 2.28. The van der Waals surface area contributed by atoms with Crippen LogP contribution in [0.5, 0.6) is 0 Å². The summed E-state index contributed by atoms with van der Waals surface area (Å²) in [6, 6.07) is 9.96. The van der Waals surface area contributed by atoms with E-state index >= 15 is 0 Å². The number of rotatable bonds is 7. The smallest absolute Gasteiger partial charge is 0.294 e. The molecule has 0 aliphatic rings. The molecule has 1 N–H and O–H groups in total. The maximum Gasteiger partial charge on any atom is 0.304 e. The molecule has 0 unspecified atom stereocenters. The molecule has 0 aliphatic heterocycles. The normalized spacial score (nSPS) is 10.4. The highest BCUT2D eigenvalue weighted by molar-refractivity contribution is 9.10. The lowest BCUT2D eigenvalue weighted by atomic mass is 10.1. The van der Waals surface area contributed by atoms with Gasteiger partial charge in [0.1, 0.15) is 5.69 Å². The van der Waals surface area contributed by atoms with Gasteiger partial charge < -0.3 is 0 Å². The molecule has 130 valence electrons. The third-order valence-electron chi connectivity index (χ3n) is 3.63. The molecule has 0 radical (unpaired) electrons. The van der Waals surface area contributed by atoms with Crippen LogP contribution in [0.15, 0.2) is 45.3 Å². The predicted molar refractivity (Wildman–Crippen MR) is 104 cm³/mol. The van der Waals surface area contributed by atoms with Crippen molar-refractivity contribution in [2.75, 3.05) is 5.43 Å². The zero-order valence-electron chi connectivity index (χ0n) is 13.8. The Bertz CT molecular complexity index is 850. The maximum absolute atomic E-state index is 12.7. The van der Waals surface area contributed by atoms with Crippen LogP contribution in [-0.4, -0.2) is 16.4 Å². The predicted octanol–water partition coefficient (Wildman–Crippen LogP) is 5.83. The molecular weight excluding hydrogens is 452 g/mol. The summed E-state index contributed by atoms with van der Waals surface area (Å²) in [6.07, 6.45) is 0.616. The van der Waals surface area contributed by atoms with Gasteiger partial charge in [0.05, 0.1) is 10.5 Å². The Morgan fingerprint density at radius 1 is 0.920 bits per heavy atom. The fourth-order valence-electron chi connectivity index (χ4n) is 2.31. The van der Waals surface area contributed by atoms with Crippen LogP contribution in [0.1, 0.15) is 47.4 Å². The SMILES string of the molecule is CCC(=O)c1ccc(Br)cc1N[N+](=O)c1cc(Br)ccc1C(=O)CC. The number of nitrogens with one attached hydrogen (secondary N) is 1. The van der Waals surface area contributed by atoms with E-state index in [1.54, 1.807) is 50.2 Å². The Labute approximate surface area is 162 Å². The molecule has 0 spiro atoms. The van der Waals surface area contributed by atoms with Gasteiger partial charge in [0.15, 0.2) is 16.4 Å². The fourth-order valence-corrected chi connectivity index (χ4v) is 3.02. The van der Waals surface area contributed by atoms with Crippen LogP contribution in [0.3, 0.4) is 0 Å². The summed E-state index contributed by atoms with van der Waals surface area (Å²) in [6.45, 7) is 3.50. The highest BCUT2D eigenvalue weighted by atomic mass is 79.9. The maximum atomic E-state index is 12.7. The number of hydrogen-bond donors (Lipinski definition) is 1. The first-order valence-corrected chi connectivity index (χ1v) is 9.35. The second-order valence-corrected chi connectivity index (χ2v) is 7.14. The van der Waals surface area contributed by atoms with Crippen LogP contribution in [0.25, 0.3) is 0 Å². The monoisotopic (exact) mass is 467 g/mol. The number of carbonyl (C=O) groups excluding carboxylic acids is 2. The summed E-state index contributed by atoms with van der Waals surface area (Å²) >= 11 is 6.66. The van der Waals surface area contributed by atoms with Gasteiger partial charge in [-0.1, -0.05) is 45.7 Å². The number of hydrazine groups is 1. The third kappa shape index (κ3) is 4.61. The molecule has 25 heavy (non-hydrogen) atoms. The molecule has 0 amide bonds. The second kappa shape index (κ2) is 8.49. The van der Waals surface area contributed by atoms with E-state index in [9.17, 15) is 14.5 Å². The van der Waals surface area contributed by atoms with Gasteiger partial charge in [-0.3, -0.25) is 9.59 Å². The van der Waals surface area contributed by atoms with Crippen molar-refractivity contribution in [1.82, 2.24) is 0 Å². The number of ketones is 2. The first kappa shape index (κ1) is 19.5. The first-order chi connectivity index (χ1) is 11.9. The van der Waals surface area contributed by atoms with Gasteiger partial charge in [-0.15, -0.1) is 5.43 Å². The van der Waals surface area contributed by atoms with Crippen LogP contribution in [-0.2, 0) is 0 Å². The minimum absolute atomic E-state index is 0.0810. The van der Waals surface area contributed by atoms with Crippen LogP contribution < -0.4 is 5.43 Å². The van der Waals surface area contributed by atoms with Gasteiger partial charge in [-0.05, 0) is 30.3 Å². The van der Waals surface area contributed by atoms with E-state index < -0.39 is 0 Å². The lowest BCUT2D eigenvalue weighted by Gasteiger charge is -2.07. The zero-order valence-corrected chi connectivity index (χ0v) is 17.0. The van der Waals surface area contributed by atoms with Crippen molar-refractivity contribution >= 4 is 54.8 Å². The first-order valence-electron chi connectivity index (χ1n) is 7.76. The molecule has 0 fully saturated rings. The standard InChI is InChI=1S/C18H16Br2N2O3/c1-3-17(23)13-7-5-11(19)9-15(13)21-22(25)16-10-12(20)6-8-14(16)18(24)4-2/h5-10H,3-4H2,1-2H3/p+1. The molecule has 0 heterocycles. The van der Waals surface area contributed by atoms with Crippen LogP contribution >= 0.6 is 31.9 Å². The molecule has 0 aliphatic carbocycles. The van der Waals surface area contributed by atoms with Gasteiger partial charge >= 0.3 is 5.69 Å². The van der Waals surface area contributed by atoms with Gasteiger partial charge in [-0.2, -0.15) is 0 Å². The number of Topliss-reactive ketones (excluding diaryl/α,β-unsaturated/α-hetero) is 2. The Hall–Kier alpha value is -1.86. The van der Waals surface area contributed by atoms with Crippen LogP contribution in [0.2, 0.25) is 0 Å². The van der Waals surface area contributed by atoms with Crippen LogP contribution in [0.4, 0.5) is 11.4 Å². The van der Waals surface area contributed by atoms with Crippen molar-refractivity contribution in [3.63, 3.8) is 0 Å². The Morgan fingerprint density at radius 2 is 1.44 bits per heavy atom. The largest absolute Gasteiger partial charge is 0.304 e. The summed E-state index contributed by atoms with van der Waals surface area (Å²) in [5.41, 5.74) is 4.00. The molecule has 7 heteroatoms. The lowest BCUT2D eigenvalue weighted by Crippen LogP contribution is -2.16. The fraction of sp³-hybridized carbons (Fsp3) is 0.222. The Morgan fingerprint density at radius 3 is 2.04 bits per heavy atom. The second-order valence-electron chi connectivity index (χ2n) is 5.31. The summed E-state index contributed by atoms with van der Waals surface area (Å²) < 4.78 is 1.41. The number of nitrogens with zero attached hydrogens (tertiary/aromatic N) is 1. The molecule has 5 nitrogen and oxygen atoms in total. The molecule has 2 aromatic rings. The van der Waals surface area contributed by atoms with Crippen molar-refractivity contribution in [2.45, 2.75) is 26.7 Å². The number of benzene rings is 2. The number of nitroso groups, excluding NO2 is 1. The topological polar surface area (TPSA) is 66.2 Å². The van der Waals surface area contributed by atoms with Crippen molar-refractivity contribution in [1.29, 1.82) is 0 Å². The van der Waals surface area contributed by atoms with Crippen molar-refractivity contribution in [3.05, 3.63) is 61.4 Å². The van der Waals surface area contributed by atoms with E-state index in [4.69, 9.17) is 0 Å². The summed E-state index contributed by atoms with van der Waals surface area (Å²) in [5, 5.41) is 0. The molecule has 0 aromatic heterocycles. The van der Waals surface area contributed by atoms with Crippen molar-refractivity contribution < 1.29 is 14.5 Å². The minimum atomic E-state index is -0.135. The van der Waals surface area contributed by atoms with E-state index in [2.05, 4.69) is 37.3 Å². The van der Waals surface area contributed by atoms with E-state index in [0.717, 1.165) is 4.47 Å². The average molecular weight is 469 g/mol. The number of halogens is 2. The van der Waals surface area contributed by atoms with E-state index in [1.807, 2.05) is 0 Å². The van der Waals surface area contributed by atoms with E-state index in [-0.39, 0.29) is 17.3 Å². The van der Waals surface area contributed by atoms with Crippen molar-refractivity contribution in [3.8, 4) is 0 Å². The molecule has 0 saturated carbocycles. The molecule has 0 saturated heterocycles. The number of anilines is 1. The molecule has 0 bridgehead atoms. The molecule has 2 rings (SSSR count). The van der Waals surface area contributed by atoms with Gasteiger partial charge in [0.2, 0.25) is 0 Å². The van der Waals surface area contributed by atoms with Crippen LogP contribution in [0, 0.1) is 4.91 Å². The molecule has 0 atom stereocenters. The third-order valence-corrected chi connectivity index (χ3v) is 4.61. The lowest BCUT2D eigenvalue weighted by molar-refractivity contribution is -0.428.